The van der Waals surface area contributed by atoms with Crippen LogP contribution >= 0.6 is 0 Å². The molecule has 6 heteroatoms. The first-order valence-corrected chi connectivity index (χ1v) is 8.98. The summed E-state index contributed by atoms with van der Waals surface area (Å²) >= 11 is 0. The SMILES string of the molecule is N#CC1CCC(Oc2nc(N3CCOCC3)cc3ncccc23)CC1. The molecule has 0 N–H and O–H groups in total. The summed E-state index contributed by atoms with van der Waals surface area (Å²) in [5.74, 6) is 1.73. The van der Waals surface area contributed by atoms with Gasteiger partial charge in [0.15, 0.2) is 0 Å². The summed E-state index contributed by atoms with van der Waals surface area (Å²) in [6.45, 7) is 3.10. The zero-order valence-corrected chi connectivity index (χ0v) is 14.2. The molecule has 0 radical (unpaired) electrons. The Bertz CT molecular complexity index is 775. The van der Waals surface area contributed by atoms with Crippen molar-refractivity contribution in [2.45, 2.75) is 31.8 Å². The molecular weight excluding hydrogens is 316 g/mol. The van der Waals surface area contributed by atoms with Crippen LogP contribution in [0.4, 0.5) is 5.82 Å². The van der Waals surface area contributed by atoms with Crippen molar-refractivity contribution < 1.29 is 9.47 Å². The first kappa shape index (κ1) is 16.1. The van der Waals surface area contributed by atoms with E-state index in [-0.39, 0.29) is 12.0 Å². The Balaban J connectivity index is 1.61. The molecule has 1 aliphatic carbocycles. The van der Waals surface area contributed by atoms with E-state index < -0.39 is 0 Å². The average molecular weight is 338 g/mol. The lowest BCUT2D eigenvalue weighted by molar-refractivity contribution is 0.121. The minimum Gasteiger partial charge on any atom is -0.474 e. The van der Waals surface area contributed by atoms with E-state index in [2.05, 4.69) is 16.0 Å². The number of nitriles is 1. The minimum absolute atomic E-state index is 0.125. The number of aromatic nitrogens is 2. The normalized spacial score (nSPS) is 24.0. The largest absolute Gasteiger partial charge is 0.474 e. The molecule has 2 aromatic rings. The summed E-state index contributed by atoms with van der Waals surface area (Å²) in [5.41, 5.74) is 0.903. The van der Waals surface area contributed by atoms with Crippen molar-refractivity contribution in [3.63, 3.8) is 0 Å². The van der Waals surface area contributed by atoms with Gasteiger partial charge in [-0.25, -0.2) is 0 Å². The van der Waals surface area contributed by atoms with E-state index in [9.17, 15) is 0 Å². The van der Waals surface area contributed by atoms with Crippen LogP contribution < -0.4 is 9.64 Å². The van der Waals surface area contributed by atoms with E-state index in [0.717, 1.165) is 68.7 Å². The van der Waals surface area contributed by atoms with Gasteiger partial charge in [-0.1, -0.05) is 0 Å². The Kier molecular flexibility index (Phi) is 4.66. The number of nitrogens with zero attached hydrogens (tertiary/aromatic N) is 4. The second-order valence-corrected chi connectivity index (χ2v) is 6.68. The molecule has 2 aliphatic rings. The number of ether oxygens (including phenoxy) is 2. The third kappa shape index (κ3) is 3.52. The topological polar surface area (TPSA) is 71.3 Å². The third-order valence-electron chi connectivity index (χ3n) is 5.02. The first-order chi connectivity index (χ1) is 12.3. The average Bonchev–Trinajstić information content (AvgIpc) is 2.69. The second kappa shape index (κ2) is 7.24. The molecular formula is C19H22N4O2. The minimum atomic E-state index is 0.125. The maximum absolute atomic E-state index is 9.06. The molecule has 1 saturated carbocycles. The van der Waals surface area contributed by atoms with Gasteiger partial charge in [-0.3, -0.25) is 4.98 Å². The molecule has 4 rings (SSSR count). The van der Waals surface area contributed by atoms with Gasteiger partial charge in [0, 0.05) is 31.3 Å². The molecule has 0 atom stereocenters. The van der Waals surface area contributed by atoms with Crippen molar-refractivity contribution in [2.24, 2.45) is 5.92 Å². The Labute approximate surface area is 147 Å². The van der Waals surface area contributed by atoms with Crippen LogP contribution in [-0.2, 0) is 4.74 Å². The first-order valence-electron chi connectivity index (χ1n) is 8.98. The molecule has 0 aromatic carbocycles. The van der Waals surface area contributed by atoms with Crippen molar-refractivity contribution in [2.75, 3.05) is 31.2 Å². The van der Waals surface area contributed by atoms with E-state index in [1.165, 1.54) is 0 Å². The van der Waals surface area contributed by atoms with Crippen LogP contribution in [0.2, 0.25) is 0 Å². The van der Waals surface area contributed by atoms with Gasteiger partial charge >= 0.3 is 0 Å². The monoisotopic (exact) mass is 338 g/mol. The zero-order valence-electron chi connectivity index (χ0n) is 14.2. The molecule has 0 bridgehead atoms. The summed E-state index contributed by atoms with van der Waals surface area (Å²) < 4.78 is 11.7. The Morgan fingerprint density at radius 2 is 2.00 bits per heavy atom. The van der Waals surface area contributed by atoms with Crippen molar-refractivity contribution in [3.8, 4) is 11.9 Å². The van der Waals surface area contributed by atoms with Gasteiger partial charge in [-0.15, -0.1) is 0 Å². The molecule has 1 aliphatic heterocycles. The van der Waals surface area contributed by atoms with Gasteiger partial charge < -0.3 is 14.4 Å². The predicted octanol–water partition coefficient (Wildman–Crippen LogP) is 2.93. The quantitative estimate of drug-likeness (QED) is 0.857. The summed E-state index contributed by atoms with van der Waals surface area (Å²) in [7, 11) is 0. The van der Waals surface area contributed by atoms with Crippen LogP contribution in [0.15, 0.2) is 24.4 Å². The highest BCUT2D eigenvalue weighted by Gasteiger charge is 2.24. The molecule has 6 nitrogen and oxygen atoms in total. The van der Waals surface area contributed by atoms with Gasteiger partial charge in [0.05, 0.1) is 30.2 Å². The van der Waals surface area contributed by atoms with Crippen LogP contribution in [0.3, 0.4) is 0 Å². The zero-order chi connectivity index (χ0) is 17.1. The maximum Gasteiger partial charge on any atom is 0.225 e. The number of hydrogen-bond acceptors (Lipinski definition) is 6. The molecule has 3 heterocycles. The summed E-state index contributed by atoms with van der Waals surface area (Å²) in [5, 5.41) is 10.0. The van der Waals surface area contributed by atoms with E-state index >= 15 is 0 Å². The fourth-order valence-corrected chi connectivity index (χ4v) is 3.54. The Morgan fingerprint density at radius 3 is 2.76 bits per heavy atom. The number of anilines is 1. The van der Waals surface area contributed by atoms with Gasteiger partial charge in [-0.05, 0) is 37.8 Å². The maximum atomic E-state index is 9.06. The molecule has 25 heavy (non-hydrogen) atoms. The van der Waals surface area contributed by atoms with Crippen LogP contribution in [0.25, 0.3) is 10.9 Å². The number of fused-ring (bicyclic) bond motifs is 1. The van der Waals surface area contributed by atoms with E-state index in [0.29, 0.717) is 5.88 Å². The molecule has 1 saturated heterocycles. The van der Waals surface area contributed by atoms with Crippen LogP contribution in [0, 0.1) is 17.2 Å². The smallest absolute Gasteiger partial charge is 0.225 e. The Hall–Kier alpha value is -2.39. The van der Waals surface area contributed by atoms with Crippen molar-refractivity contribution >= 4 is 16.7 Å². The lowest BCUT2D eigenvalue weighted by Crippen LogP contribution is -2.36. The van der Waals surface area contributed by atoms with Gasteiger partial charge in [0.2, 0.25) is 5.88 Å². The highest BCUT2D eigenvalue weighted by Crippen LogP contribution is 2.31. The predicted molar refractivity (Wildman–Crippen MR) is 94.6 cm³/mol. The summed E-state index contributed by atoms with van der Waals surface area (Å²) in [6.07, 6.45) is 5.54. The number of pyridine rings is 2. The second-order valence-electron chi connectivity index (χ2n) is 6.68. The highest BCUT2D eigenvalue weighted by atomic mass is 16.5. The van der Waals surface area contributed by atoms with E-state index in [1.807, 2.05) is 18.2 Å². The molecule has 130 valence electrons. The van der Waals surface area contributed by atoms with Crippen molar-refractivity contribution in [1.29, 1.82) is 5.26 Å². The number of rotatable bonds is 3. The van der Waals surface area contributed by atoms with Crippen LogP contribution in [-0.4, -0.2) is 42.4 Å². The number of hydrogen-bond donors (Lipinski definition) is 0. The van der Waals surface area contributed by atoms with E-state index in [4.69, 9.17) is 19.7 Å². The lowest BCUT2D eigenvalue weighted by Gasteiger charge is -2.29. The van der Waals surface area contributed by atoms with Gasteiger partial charge in [0.25, 0.3) is 0 Å². The van der Waals surface area contributed by atoms with Gasteiger partial charge in [0.1, 0.15) is 11.9 Å². The van der Waals surface area contributed by atoms with Crippen molar-refractivity contribution in [1.82, 2.24) is 9.97 Å². The summed E-state index contributed by atoms with van der Waals surface area (Å²) in [6, 6.07) is 8.32. The fourth-order valence-electron chi connectivity index (χ4n) is 3.54. The molecule has 0 unspecified atom stereocenters. The Morgan fingerprint density at radius 1 is 1.20 bits per heavy atom. The number of morpholine rings is 1. The van der Waals surface area contributed by atoms with E-state index in [1.54, 1.807) is 6.20 Å². The third-order valence-corrected chi connectivity index (χ3v) is 5.02. The van der Waals surface area contributed by atoms with Crippen LogP contribution in [0.5, 0.6) is 5.88 Å². The molecule has 2 fully saturated rings. The highest BCUT2D eigenvalue weighted by molar-refractivity contribution is 5.85. The van der Waals surface area contributed by atoms with Crippen LogP contribution in [0.1, 0.15) is 25.7 Å². The summed E-state index contributed by atoms with van der Waals surface area (Å²) in [4.78, 5) is 11.5. The fraction of sp³-hybridized carbons (Fsp3) is 0.526. The molecule has 2 aromatic heterocycles. The van der Waals surface area contributed by atoms with Crippen molar-refractivity contribution in [3.05, 3.63) is 24.4 Å². The van der Waals surface area contributed by atoms with Gasteiger partial charge in [-0.2, -0.15) is 10.2 Å². The lowest BCUT2D eigenvalue weighted by atomic mass is 9.88. The standard InChI is InChI=1S/C19H22N4O2/c20-13-14-3-5-15(6-4-14)25-19-16-2-1-7-21-17(16)12-18(22-19)23-8-10-24-11-9-23/h1-2,7,12,14-15H,3-6,8-11H2. The molecule has 0 spiro atoms. The molecule has 0 amide bonds.